The third-order valence-electron chi connectivity index (χ3n) is 3.31. The lowest BCUT2D eigenvalue weighted by Crippen LogP contribution is -2.56. The van der Waals surface area contributed by atoms with Crippen molar-refractivity contribution in [2.75, 3.05) is 13.1 Å². The summed E-state index contributed by atoms with van der Waals surface area (Å²) in [6.07, 6.45) is 1.45. The molecule has 3 rings (SSSR count). The van der Waals surface area contributed by atoms with Crippen LogP contribution in [0.1, 0.15) is 11.5 Å². The van der Waals surface area contributed by atoms with Crippen molar-refractivity contribution in [3.63, 3.8) is 0 Å². The SMILES string of the molecule is Cc1noc(C)c1S(=O)(=O)N1CC(Oc2ccccn2)C1. The number of nitrogens with zero attached hydrogens (tertiary/aromatic N) is 3. The molecule has 0 N–H and O–H groups in total. The lowest BCUT2D eigenvalue weighted by Gasteiger charge is -2.37. The summed E-state index contributed by atoms with van der Waals surface area (Å²) < 4.78 is 36.8. The zero-order chi connectivity index (χ0) is 15.0. The van der Waals surface area contributed by atoms with Gasteiger partial charge in [0.2, 0.25) is 15.9 Å². The van der Waals surface area contributed by atoms with E-state index >= 15 is 0 Å². The minimum Gasteiger partial charge on any atom is -0.472 e. The number of ether oxygens (including phenoxy) is 1. The maximum absolute atomic E-state index is 12.5. The summed E-state index contributed by atoms with van der Waals surface area (Å²) in [4.78, 5) is 4.20. The van der Waals surface area contributed by atoms with Crippen LogP contribution in [0.3, 0.4) is 0 Å². The minimum absolute atomic E-state index is 0.152. The van der Waals surface area contributed by atoms with Crippen LogP contribution in [0.15, 0.2) is 33.8 Å². The van der Waals surface area contributed by atoms with Gasteiger partial charge in [0.25, 0.3) is 0 Å². The molecule has 3 heterocycles. The Labute approximate surface area is 122 Å². The molecule has 1 fully saturated rings. The van der Waals surface area contributed by atoms with Crippen molar-refractivity contribution in [1.29, 1.82) is 0 Å². The standard InChI is InChI=1S/C13H15N3O4S/c1-9-13(10(2)20-15-9)21(17,18)16-7-11(8-16)19-12-5-3-4-6-14-12/h3-6,11H,7-8H2,1-2H3. The van der Waals surface area contributed by atoms with Gasteiger partial charge in [0.15, 0.2) is 5.76 Å². The molecule has 0 aromatic carbocycles. The normalized spacial score (nSPS) is 16.7. The molecule has 21 heavy (non-hydrogen) atoms. The maximum Gasteiger partial charge on any atom is 0.248 e. The topological polar surface area (TPSA) is 85.5 Å². The van der Waals surface area contributed by atoms with Gasteiger partial charge in [-0.2, -0.15) is 4.31 Å². The van der Waals surface area contributed by atoms with Gasteiger partial charge in [0, 0.05) is 12.3 Å². The van der Waals surface area contributed by atoms with Crippen LogP contribution >= 0.6 is 0 Å². The predicted octanol–water partition coefficient (Wildman–Crippen LogP) is 1.14. The molecule has 2 aromatic rings. The third-order valence-corrected chi connectivity index (χ3v) is 5.38. The van der Waals surface area contributed by atoms with E-state index in [0.717, 1.165) is 0 Å². The molecule has 0 atom stereocenters. The van der Waals surface area contributed by atoms with Crippen molar-refractivity contribution in [3.05, 3.63) is 35.9 Å². The van der Waals surface area contributed by atoms with Gasteiger partial charge in [0.05, 0.1) is 13.1 Å². The van der Waals surface area contributed by atoms with Crippen LogP contribution in [0.4, 0.5) is 0 Å². The first-order valence-corrected chi connectivity index (χ1v) is 7.93. The van der Waals surface area contributed by atoms with E-state index in [2.05, 4.69) is 10.1 Å². The number of sulfonamides is 1. The average Bonchev–Trinajstić information content (AvgIpc) is 2.74. The number of hydrogen-bond acceptors (Lipinski definition) is 6. The number of hydrogen-bond donors (Lipinski definition) is 0. The van der Waals surface area contributed by atoms with Crippen molar-refractivity contribution in [3.8, 4) is 5.88 Å². The summed E-state index contributed by atoms with van der Waals surface area (Å²) in [5.74, 6) is 0.804. The lowest BCUT2D eigenvalue weighted by molar-refractivity contribution is 0.0720. The van der Waals surface area contributed by atoms with E-state index in [4.69, 9.17) is 9.26 Å². The number of aryl methyl sites for hydroxylation is 2. The maximum atomic E-state index is 12.5. The summed E-state index contributed by atoms with van der Waals surface area (Å²) in [6, 6.07) is 5.35. The first-order valence-electron chi connectivity index (χ1n) is 6.49. The number of rotatable bonds is 4. The van der Waals surface area contributed by atoms with E-state index in [1.54, 1.807) is 32.2 Å². The van der Waals surface area contributed by atoms with E-state index in [1.807, 2.05) is 6.07 Å². The smallest absolute Gasteiger partial charge is 0.248 e. The average molecular weight is 309 g/mol. The largest absolute Gasteiger partial charge is 0.472 e. The van der Waals surface area contributed by atoms with Gasteiger partial charge < -0.3 is 9.26 Å². The molecule has 0 aliphatic carbocycles. The van der Waals surface area contributed by atoms with Crippen molar-refractivity contribution in [2.24, 2.45) is 0 Å². The zero-order valence-electron chi connectivity index (χ0n) is 11.7. The van der Waals surface area contributed by atoms with Crippen LogP contribution in [-0.2, 0) is 10.0 Å². The Kier molecular flexibility index (Phi) is 3.42. The van der Waals surface area contributed by atoms with Crippen LogP contribution in [0, 0.1) is 13.8 Å². The fourth-order valence-electron chi connectivity index (χ4n) is 2.23. The fourth-order valence-corrected chi connectivity index (χ4v) is 4.03. The highest BCUT2D eigenvalue weighted by atomic mass is 32.2. The van der Waals surface area contributed by atoms with Gasteiger partial charge in [-0.1, -0.05) is 11.2 Å². The number of aromatic nitrogens is 2. The molecular formula is C13H15N3O4S. The fraction of sp³-hybridized carbons (Fsp3) is 0.385. The van der Waals surface area contributed by atoms with E-state index in [-0.39, 0.29) is 11.0 Å². The molecule has 0 radical (unpaired) electrons. The van der Waals surface area contributed by atoms with Gasteiger partial charge in [0.1, 0.15) is 16.7 Å². The quantitative estimate of drug-likeness (QED) is 0.842. The number of pyridine rings is 1. The Morgan fingerprint density at radius 2 is 2.10 bits per heavy atom. The molecule has 1 saturated heterocycles. The Bertz CT molecular complexity index is 717. The first kappa shape index (κ1) is 14.0. The van der Waals surface area contributed by atoms with E-state index in [1.165, 1.54) is 4.31 Å². The molecule has 0 unspecified atom stereocenters. The van der Waals surface area contributed by atoms with Gasteiger partial charge in [-0.05, 0) is 19.9 Å². The third kappa shape index (κ3) is 2.52. The first-order chi connectivity index (χ1) is 9.98. The zero-order valence-corrected chi connectivity index (χ0v) is 12.5. The van der Waals surface area contributed by atoms with Gasteiger partial charge in [-0.25, -0.2) is 13.4 Å². The van der Waals surface area contributed by atoms with Crippen LogP contribution in [-0.4, -0.2) is 42.1 Å². The molecule has 1 aliphatic heterocycles. The second kappa shape index (κ2) is 5.12. The molecular weight excluding hydrogens is 294 g/mol. The van der Waals surface area contributed by atoms with Gasteiger partial charge in [-0.15, -0.1) is 0 Å². The highest BCUT2D eigenvalue weighted by Crippen LogP contribution is 2.27. The Balaban J connectivity index is 1.69. The molecule has 7 nitrogen and oxygen atoms in total. The Morgan fingerprint density at radius 3 is 2.67 bits per heavy atom. The minimum atomic E-state index is -3.57. The molecule has 0 spiro atoms. The molecule has 0 amide bonds. The molecule has 2 aromatic heterocycles. The monoisotopic (exact) mass is 309 g/mol. The van der Waals surface area contributed by atoms with Crippen LogP contribution in [0.2, 0.25) is 0 Å². The summed E-state index contributed by atoms with van der Waals surface area (Å²) in [6.45, 7) is 3.80. The van der Waals surface area contributed by atoms with Crippen LogP contribution in [0.5, 0.6) is 5.88 Å². The highest BCUT2D eigenvalue weighted by molar-refractivity contribution is 7.89. The van der Waals surface area contributed by atoms with Gasteiger partial charge in [-0.3, -0.25) is 0 Å². The molecule has 1 aliphatic rings. The Hall–Kier alpha value is -1.93. The van der Waals surface area contributed by atoms with Crippen molar-refractivity contribution >= 4 is 10.0 Å². The van der Waals surface area contributed by atoms with Crippen molar-refractivity contribution < 1.29 is 17.7 Å². The molecule has 0 bridgehead atoms. The van der Waals surface area contributed by atoms with Gasteiger partial charge >= 0.3 is 0 Å². The lowest BCUT2D eigenvalue weighted by atomic mass is 10.2. The molecule has 8 heteroatoms. The Morgan fingerprint density at radius 1 is 1.33 bits per heavy atom. The summed E-state index contributed by atoms with van der Waals surface area (Å²) in [7, 11) is -3.57. The van der Waals surface area contributed by atoms with E-state index in [9.17, 15) is 8.42 Å². The summed E-state index contributed by atoms with van der Waals surface area (Å²) >= 11 is 0. The van der Waals surface area contributed by atoms with Crippen molar-refractivity contribution in [1.82, 2.24) is 14.4 Å². The predicted molar refractivity (Wildman–Crippen MR) is 73.4 cm³/mol. The highest BCUT2D eigenvalue weighted by Gasteiger charge is 2.41. The van der Waals surface area contributed by atoms with Crippen molar-refractivity contribution in [2.45, 2.75) is 24.8 Å². The second-order valence-corrected chi connectivity index (χ2v) is 6.76. The molecule has 0 saturated carbocycles. The van der Waals surface area contributed by atoms with Crippen LogP contribution < -0.4 is 4.74 Å². The van der Waals surface area contributed by atoms with E-state index in [0.29, 0.717) is 30.4 Å². The second-order valence-electron chi connectivity index (χ2n) is 4.88. The van der Waals surface area contributed by atoms with E-state index < -0.39 is 10.0 Å². The van der Waals surface area contributed by atoms with Crippen LogP contribution in [0.25, 0.3) is 0 Å². The summed E-state index contributed by atoms with van der Waals surface area (Å²) in [5.41, 5.74) is 0.376. The molecule has 112 valence electrons. The summed E-state index contributed by atoms with van der Waals surface area (Å²) in [5, 5.41) is 3.69.